The molecule has 16 heavy (non-hydrogen) atoms. The Hall–Kier alpha value is 0.738. The van der Waals surface area contributed by atoms with Crippen molar-refractivity contribution in [1.29, 1.82) is 0 Å². The van der Waals surface area contributed by atoms with Crippen LogP contribution in [0, 0.1) is 6.07 Å². The van der Waals surface area contributed by atoms with E-state index in [0.29, 0.717) is 0 Å². The van der Waals surface area contributed by atoms with Gasteiger partial charge < -0.3 is 26.3 Å². The first-order valence-corrected chi connectivity index (χ1v) is 4.07. The number of rotatable bonds is 3. The fourth-order valence-corrected chi connectivity index (χ4v) is 1.20. The second-order valence-electron chi connectivity index (χ2n) is 1.89. The number of hydrogen-bond donors (Lipinski definition) is 0. The molecule has 0 bridgehead atoms. The number of carboxylic acid groups (broad SMARTS) is 1. The maximum absolute atomic E-state index is 10.0. The number of carboxylic acids is 1. The molecule has 0 saturated heterocycles. The molecule has 0 amide bonds. The number of aliphatic carboxylic acids is 1. The van der Waals surface area contributed by atoms with Crippen LogP contribution >= 0.6 is 11.8 Å². The van der Waals surface area contributed by atoms with Gasteiger partial charge in [0.25, 0.3) is 0 Å². The minimum atomic E-state index is -1.05. The van der Waals surface area contributed by atoms with Crippen LogP contribution in [-0.2, 0) is 4.79 Å². The number of carbonyl (C=O) groups is 1. The first-order chi connectivity index (χ1) is 5.29. The molecule has 0 unspecified atom stereocenters. The maximum Gasteiger partial charge on any atom is 0.0517 e. The van der Waals surface area contributed by atoms with Crippen molar-refractivity contribution in [2.24, 2.45) is 0 Å². The Kier molecular flexibility index (Phi) is 34.1. The van der Waals surface area contributed by atoms with Gasteiger partial charge in [0.05, 0.1) is 5.97 Å². The Labute approximate surface area is 138 Å². The van der Waals surface area contributed by atoms with Crippen LogP contribution in [0.3, 0.4) is 0 Å². The Balaban J connectivity index is -0.0000000807. The van der Waals surface area contributed by atoms with Crippen molar-refractivity contribution in [3.05, 3.63) is 30.3 Å². The molecule has 0 fully saturated rings. The van der Waals surface area contributed by atoms with Gasteiger partial charge in [-0.1, -0.05) is 18.2 Å². The summed E-state index contributed by atoms with van der Waals surface area (Å²) in [6, 6.07) is 10.1. The average molecular weight is 365 g/mol. The normalized spacial score (nSPS) is 6.50. The molecule has 5 radical (unpaired) electrons. The molecule has 0 aliphatic heterocycles. The number of carbonyl (C=O) groups excluding carboxylic acids is 1. The van der Waals surface area contributed by atoms with Crippen LogP contribution in [0.25, 0.3) is 0 Å². The number of benzene rings is 1. The second kappa shape index (κ2) is 18.1. The van der Waals surface area contributed by atoms with Crippen LogP contribution < -0.4 is 5.11 Å². The maximum atomic E-state index is 10.0. The fourth-order valence-electron chi connectivity index (χ4n) is 0.603. The molecule has 0 atom stereocenters. The number of thioether (sulfide) groups is 1. The van der Waals surface area contributed by atoms with Crippen molar-refractivity contribution in [3.63, 3.8) is 0 Å². The fraction of sp³-hybridized carbons (Fsp3) is 0.125. The van der Waals surface area contributed by atoms with Gasteiger partial charge in [-0.2, -0.15) is 0 Å². The first kappa shape index (κ1) is 30.1. The van der Waals surface area contributed by atoms with Gasteiger partial charge >= 0.3 is 0 Å². The monoisotopic (exact) mass is 364 g/mol. The van der Waals surface area contributed by atoms with Gasteiger partial charge in [0, 0.05) is 64.6 Å². The molecule has 0 aromatic heterocycles. The third kappa shape index (κ3) is 14.7. The summed E-state index contributed by atoms with van der Waals surface area (Å²) in [5.41, 5.74) is 0. The van der Waals surface area contributed by atoms with E-state index in [1.165, 1.54) is 11.8 Å². The molecule has 5 nitrogen and oxygen atoms in total. The zero-order valence-corrected chi connectivity index (χ0v) is 14.1. The van der Waals surface area contributed by atoms with Gasteiger partial charge in [-0.05, 0) is 12.1 Å². The standard InChI is InChI=1S/C8H7O2S.Na.3H2O.Sb/c9-8(10)6-11-7-4-2-1-3-5-7;;;;;/h1-4H,6H2,(H,9,10);;3*1H2;/p-1. The molecule has 0 heterocycles. The summed E-state index contributed by atoms with van der Waals surface area (Å²) in [7, 11) is 0. The second-order valence-corrected chi connectivity index (χ2v) is 2.90. The first-order valence-electron chi connectivity index (χ1n) is 3.08. The zero-order valence-electron chi connectivity index (χ0n) is 8.69. The summed E-state index contributed by atoms with van der Waals surface area (Å²) in [6.45, 7) is 0. The van der Waals surface area contributed by atoms with E-state index in [-0.39, 0.29) is 76.2 Å². The minimum Gasteiger partial charge on any atom is -0.549 e. The Morgan fingerprint density at radius 2 is 1.88 bits per heavy atom. The molecule has 1 aromatic carbocycles. The SMILES string of the molecule is O.O.O.O=C([O-])CSc1[c]cccc1.[Na].[Sb]. The summed E-state index contributed by atoms with van der Waals surface area (Å²) < 4.78 is 0. The Bertz CT molecular complexity index is 249. The van der Waals surface area contributed by atoms with Crippen molar-refractivity contribution >= 4 is 71.7 Å². The summed E-state index contributed by atoms with van der Waals surface area (Å²) in [5.74, 6) is -1.06. The van der Waals surface area contributed by atoms with Crippen molar-refractivity contribution in [3.8, 4) is 0 Å². The molecule has 6 N–H and O–H groups in total. The van der Waals surface area contributed by atoms with Gasteiger partial charge in [-0.25, -0.2) is 0 Å². The van der Waals surface area contributed by atoms with Crippen molar-refractivity contribution < 1.29 is 26.3 Å². The van der Waals surface area contributed by atoms with Gasteiger partial charge in [0.1, 0.15) is 0 Å². The van der Waals surface area contributed by atoms with Crippen molar-refractivity contribution in [2.45, 2.75) is 4.90 Å². The summed E-state index contributed by atoms with van der Waals surface area (Å²) in [5, 5.41) is 10.0. The van der Waals surface area contributed by atoms with E-state index in [1.807, 2.05) is 18.2 Å². The largest absolute Gasteiger partial charge is 0.549 e. The van der Waals surface area contributed by atoms with Crippen LogP contribution in [0.1, 0.15) is 0 Å². The van der Waals surface area contributed by atoms with Gasteiger partial charge in [0.2, 0.25) is 0 Å². The molecule has 8 heteroatoms. The molecular weight excluding hydrogens is 353 g/mol. The zero-order chi connectivity index (χ0) is 8.10. The topological polar surface area (TPSA) is 135 Å². The van der Waals surface area contributed by atoms with Crippen LogP contribution in [-0.4, -0.2) is 82.1 Å². The number of hydrogen-bond acceptors (Lipinski definition) is 3. The quantitative estimate of drug-likeness (QED) is 0.420. The van der Waals surface area contributed by atoms with Gasteiger partial charge in [-0.3, -0.25) is 0 Å². The predicted octanol–water partition coefficient (Wildman–Crippen LogP) is -2.91. The Morgan fingerprint density at radius 1 is 1.31 bits per heavy atom. The predicted molar refractivity (Wildman–Crippen MR) is 63.4 cm³/mol. The van der Waals surface area contributed by atoms with Crippen LogP contribution in [0.2, 0.25) is 0 Å². The summed E-state index contributed by atoms with van der Waals surface area (Å²) >= 11 is 1.21. The van der Waals surface area contributed by atoms with E-state index in [2.05, 4.69) is 6.07 Å². The molecule has 1 aromatic rings. The van der Waals surface area contributed by atoms with E-state index >= 15 is 0 Å². The smallest absolute Gasteiger partial charge is 0.0517 e. The minimum absolute atomic E-state index is 0. The average Bonchev–Trinajstić information content (AvgIpc) is 2.03. The van der Waals surface area contributed by atoms with Crippen molar-refractivity contribution in [1.82, 2.24) is 0 Å². The summed E-state index contributed by atoms with van der Waals surface area (Å²) in [4.78, 5) is 10.9. The van der Waals surface area contributed by atoms with Crippen LogP contribution in [0.4, 0.5) is 0 Å². The molecular formula is C8H12NaO5SSb-. The van der Waals surface area contributed by atoms with E-state index in [1.54, 1.807) is 6.07 Å². The molecule has 0 aliphatic carbocycles. The van der Waals surface area contributed by atoms with Gasteiger partial charge in [-0.15, -0.1) is 11.8 Å². The molecule has 0 saturated carbocycles. The van der Waals surface area contributed by atoms with E-state index in [0.717, 1.165) is 4.90 Å². The van der Waals surface area contributed by atoms with E-state index in [4.69, 9.17) is 0 Å². The molecule has 0 spiro atoms. The molecule has 87 valence electrons. The van der Waals surface area contributed by atoms with E-state index in [9.17, 15) is 9.90 Å². The molecule has 0 aliphatic rings. The van der Waals surface area contributed by atoms with Crippen LogP contribution in [0.15, 0.2) is 29.2 Å². The third-order valence-electron chi connectivity index (χ3n) is 1.03. The third-order valence-corrected chi connectivity index (χ3v) is 1.97. The summed E-state index contributed by atoms with van der Waals surface area (Å²) in [6.07, 6.45) is 0. The van der Waals surface area contributed by atoms with E-state index < -0.39 is 5.97 Å². The van der Waals surface area contributed by atoms with Gasteiger partial charge in [0.15, 0.2) is 0 Å². The van der Waals surface area contributed by atoms with Crippen molar-refractivity contribution in [2.75, 3.05) is 5.75 Å². The Morgan fingerprint density at radius 3 is 2.25 bits per heavy atom. The van der Waals surface area contributed by atoms with Crippen LogP contribution in [0.5, 0.6) is 0 Å². The molecule has 1 rings (SSSR count).